The molecule has 0 fully saturated rings. The van der Waals surface area contributed by atoms with Crippen molar-refractivity contribution in [2.45, 2.75) is 62.8 Å². The predicted molar refractivity (Wildman–Crippen MR) is 87.0 cm³/mol. The second-order valence-corrected chi connectivity index (χ2v) is 2.79. The van der Waals surface area contributed by atoms with E-state index in [4.69, 9.17) is 4.74 Å². The SMILES string of the molecule is C.C.C.C.C=[C-]CCC.COCC/C=C/C(C)=O.[Y]. The Balaban J connectivity index is -0.0000000261. The van der Waals surface area contributed by atoms with E-state index in [2.05, 4.69) is 19.6 Å². The number of methoxy groups -OCH3 is 1. The van der Waals surface area contributed by atoms with Gasteiger partial charge in [0.1, 0.15) is 0 Å². The smallest absolute Gasteiger partial charge is 0.152 e. The Morgan fingerprint density at radius 3 is 1.95 bits per heavy atom. The molecule has 0 aliphatic rings. The largest absolute Gasteiger partial charge is 0.504 e. The van der Waals surface area contributed by atoms with Gasteiger partial charge in [-0.1, -0.05) is 49.1 Å². The second kappa shape index (κ2) is 42.9. The molecule has 0 amide bonds. The van der Waals surface area contributed by atoms with Gasteiger partial charge in [0.05, 0.1) is 0 Å². The summed E-state index contributed by atoms with van der Waals surface area (Å²) in [5, 5.41) is 0. The van der Waals surface area contributed by atoms with Gasteiger partial charge < -0.3 is 10.8 Å². The molecule has 0 aromatic heterocycles. The molecule has 0 aromatic carbocycles. The number of ketones is 1. The molecule has 19 heavy (non-hydrogen) atoms. The van der Waals surface area contributed by atoms with Crippen LogP contribution in [0.4, 0.5) is 0 Å². The van der Waals surface area contributed by atoms with Crippen LogP contribution in [0.15, 0.2) is 18.7 Å². The van der Waals surface area contributed by atoms with Crippen LogP contribution in [0.1, 0.15) is 62.8 Å². The minimum atomic E-state index is 0. The van der Waals surface area contributed by atoms with Gasteiger partial charge in [0, 0.05) is 46.4 Å². The average molecular weight is 350 g/mol. The van der Waals surface area contributed by atoms with Gasteiger partial charge in [-0.05, 0) is 19.4 Å². The summed E-state index contributed by atoms with van der Waals surface area (Å²) in [6, 6.07) is 0. The normalized spacial score (nSPS) is 6.89. The van der Waals surface area contributed by atoms with Crippen LogP contribution < -0.4 is 0 Å². The van der Waals surface area contributed by atoms with Gasteiger partial charge in [-0.15, -0.1) is 0 Å². The molecule has 117 valence electrons. The van der Waals surface area contributed by atoms with E-state index in [1.165, 1.54) is 13.3 Å². The van der Waals surface area contributed by atoms with Gasteiger partial charge in [0.25, 0.3) is 0 Å². The number of carbonyl (C=O) groups excluding carboxylic acids is 1. The Morgan fingerprint density at radius 1 is 1.26 bits per heavy atom. The molecule has 0 saturated heterocycles. The van der Waals surface area contributed by atoms with Crippen LogP contribution in [0.5, 0.6) is 0 Å². The van der Waals surface area contributed by atoms with Crippen molar-refractivity contribution in [3.63, 3.8) is 0 Å². The third-order valence-corrected chi connectivity index (χ3v) is 1.27. The summed E-state index contributed by atoms with van der Waals surface area (Å²) in [5.41, 5.74) is 0. The molecule has 0 spiro atoms. The van der Waals surface area contributed by atoms with E-state index < -0.39 is 0 Å². The van der Waals surface area contributed by atoms with Crippen molar-refractivity contribution in [2.75, 3.05) is 13.7 Å². The molecular formula is C16H37O2Y-. The molecule has 0 bridgehead atoms. The maximum Gasteiger partial charge on any atom is 0.152 e. The van der Waals surface area contributed by atoms with Gasteiger partial charge in [-0.3, -0.25) is 11.4 Å². The van der Waals surface area contributed by atoms with Crippen LogP contribution in [0.25, 0.3) is 0 Å². The topological polar surface area (TPSA) is 26.3 Å². The van der Waals surface area contributed by atoms with Crippen molar-refractivity contribution in [2.24, 2.45) is 0 Å². The number of rotatable bonds is 6. The van der Waals surface area contributed by atoms with E-state index in [1.54, 1.807) is 13.2 Å². The van der Waals surface area contributed by atoms with E-state index in [0.717, 1.165) is 12.8 Å². The van der Waals surface area contributed by atoms with Crippen LogP contribution in [0.3, 0.4) is 0 Å². The van der Waals surface area contributed by atoms with Gasteiger partial charge in [0.15, 0.2) is 5.78 Å². The van der Waals surface area contributed by atoms with E-state index in [-0.39, 0.29) is 68.2 Å². The Kier molecular flexibility index (Phi) is 96.5. The van der Waals surface area contributed by atoms with Crippen molar-refractivity contribution in [1.82, 2.24) is 0 Å². The summed E-state index contributed by atoms with van der Waals surface area (Å²) in [5.74, 6) is 0.0890. The first kappa shape index (κ1) is 42.7. The predicted octanol–water partition coefficient (Wildman–Crippen LogP) is 5.49. The van der Waals surface area contributed by atoms with E-state index in [9.17, 15) is 4.79 Å². The van der Waals surface area contributed by atoms with Crippen molar-refractivity contribution >= 4 is 5.78 Å². The second-order valence-electron chi connectivity index (χ2n) is 2.79. The van der Waals surface area contributed by atoms with Gasteiger partial charge in [-0.2, -0.15) is 6.42 Å². The molecule has 0 aromatic rings. The zero-order valence-corrected chi connectivity index (χ0v) is 12.9. The summed E-state index contributed by atoms with van der Waals surface area (Å²) >= 11 is 0. The molecular weight excluding hydrogens is 313 g/mol. The molecule has 0 saturated carbocycles. The van der Waals surface area contributed by atoms with Crippen molar-refractivity contribution in [3.8, 4) is 0 Å². The van der Waals surface area contributed by atoms with Crippen LogP contribution in [-0.2, 0) is 42.2 Å². The van der Waals surface area contributed by atoms with E-state index >= 15 is 0 Å². The summed E-state index contributed by atoms with van der Waals surface area (Å²) in [6.45, 7) is 7.75. The Hall–Kier alpha value is 0.214. The summed E-state index contributed by atoms with van der Waals surface area (Å²) in [7, 11) is 1.64. The Bertz CT molecular complexity index is 166. The van der Waals surface area contributed by atoms with Crippen LogP contribution in [0.2, 0.25) is 0 Å². The van der Waals surface area contributed by atoms with Crippen molar-refractivity contribution in [1.29, 1.82) is 0 Å². The molecule has 0 N–H and O–H groups in total. The summed E-state index contributed by atoms with van der Waals surface area (Å²) in [6.07, 6.45) is 9.15. The number of allylic oxidation sites excluding steroid dienone is 2. The molecule has 0 rings (SSSR count). The maximum absolute atomic E-state index is 10.3. The summed E-state index contributed by atoms with van der Waals surface area (Å²) < 4.78 is 4.76. The Morgan fingerprint density at radius 2 is 1.74 bits per heavy atom. The third-order valence-electron chi connectivity index (χ3n) is 1.27. The number of hydrogen-bond donors (Lipinski definition) is 0. The Labute approximate surface area is 149 Å². The zero-order chi connectivity index (χ0) is 11.2. The average Bonchev–Trinajstić information content (AvgIpc) is 2.15. The van der Waals surface area contributed by atoms with Gasteiger partial charge in [0.2, 0.25) is 0 Å². The molecule has 1 radical (unpaired) electrons. The third kappa shape index (κ3) is 71.0. The first-order valence-electron chi connectivity index (χ1n) is 4.85. The quantitative estimate of drug-likeness (QED) is 0.360. The molecule has 0 aliphatic heterocycles. The van der Waals surface area contributed by atoms with Crippen LogP contribution in [0, 0.1) is 6.08 Å². The number of unbranched alkanes of at least 4 members (excludes halogenated alkanes) is 1. The van der Waals surface area contributed by atoms with Crippen LogP contribution >= 0.6 is 0 Å². The van der Waals surface area contributed by atoms with E-state index in [1.807, 2.05) is 6.08 Å². The number of carbonyl (C=O) groups is 1. The van der Waals surface area contributed by atoms with E-state index in [0.29, 0.717) is 6.61 Å². The standard InChI is InChI=1S/C7H12O2.C5H9.4CH4.Y/c1-7(8)5-3-4-6-9-2;1-3-5-4-2;;;;;/h3,5H,4,6H2,1-2H3;1,4-5H2,2H3;4*1H4;/q;-1;;;;;/b5-3+;;;;;;. The maximum atomic E-state index is 10.3. The molecule has 0 unspecified atom stereocenters. The number of hydrogen-bond acceptors (Lipinski definition) is 2. The molecule has 3 heteroatoms. The molecule has 2 nitrogen and oxygen atoms in total. The molecule has 0 atom stereocenters. The number of ether oxygens (including phenoxy) is 1. The van der Waals surface area contributed by atoms with Gasteiger partial charge >= 0.3 is 0 Å². The monoisotopic (exact) mass is 350 g/mol. The first-order chi connectivity index (χ1) is 6.68. The molecule has 0 aliphatic carbocycles. The molecule has 0 heterocycles. The fraction of sp³-hybridized carbons (Fsp3) is 0.688. The van der Waals surface area contributed by atoms with Crippen LogP contribution in [-0.4, -0.2) is 19.5 Å². The first-order valence-corrected chi connectivity index (χ1v) is 4.85. The van der Waals surface area contributed by atoms with Gasteiger partial charge in [-0.25, -0.2) is 0 Å². The fourth-order valence-corrected chi connectivity index (χ4v) is 0.612. The summed E-state index contributed by atoms with van der Waals surface area (Å²) in [4.78, 5) is 10.3. The fourth-order valence-electron chi connectivity index (χ4n) is 0.612. The zero-order valence-electron chi connectivity index (χ0n) is 10.1. The minimum absolute atomic E-state index is 0. The minimum Gasteiger partial charge on any atom is -0.504 e. The van der Waals surface area contributed by atoms with Crippen molar-refractivity contribution in [3.05, 3.63) is 24.8 Å². The van der Waals surface area contributed by atoms with Crippen molar-refractivity contribution < 1.29 is 42.2 Å².